The Kier molecular flexibility index (Phi) is 4.45. The minimum absolute atomic E-state index is 0.510. The van der Waals surface area contributed by atoms with Crippen LogP contribution in [0.25, 0.3) is 0 Å². The van der Waals surface area contributed by atoms with Gasteiger partial charge in [0.1, 0.15) is 10.9 Å². The lowest BCUT2D eigenvalue weighted by Crippen LogP contribution is -2.05. The molecule has 0 bridgehead atoms. The highest BCUT2D eigenvalue weighted by Crippen LogP contribution is 2.10. The summed E-state index contributed by atoms with van der Waals surface area (Å²) in [7, 11) is 1.13. The Hall–Kier alpha value is -0.160. The normalized spacial score (nSPS) is 13.0. The number of esters is 1. The first-order valence-electron chi connectivity index (χ1n) is 3.74. The monoisotopic (exact) mass is 195 g/mol. The van der Waals surface area contributed by atoms with E-state index in [1.54, 1.807) is 12.5 Å². The Morgan fingerprint density at radius 2 is 2.18 bits per heavy atom. The number of ether oxygens (including phenoxy) is 1. The Labute approximate surface area is 77.8 Å². The van der Waals surface area contributed by atoms with Gasteiger partial charge in [-0.3, -0.25) is 9.79 Å². The maximum atomic E-state index is 10.9. The van der Waals surface area contributed by atoms with Crippen LogP contribution in [-0.2, 0) is 9.53 Å². The highest BCUT2D eigenvalue weighted by Gasteiger charge is 1.98. The minimum atomic E-state index is -2.28. The highest BCUT2D eigenvalue weighted by atomic mass is 32.2. The number of methoxy groups -OCH3 is 1. The van der Waals surface area contributed by atoms with Crippen molar-refractivity contribution in [2.75, 3.05) is 26.1 Å². The molecule has 0 aliphatic carbocycles. The van der Waals surface area contributed by atoms with Crippen LogP contribution in [0, 0.1) is 0 Å². The van der Waals surface area contributed by atoms with Gasteiger partial charge in [-0.1, -0.05) is 0 Å². The average molecular weight is 195 g/mol. The molecule has 0 atom stereocenters. The number of thioether (sulfide) groups is 2. The molecule has 0 aliphatic rings. The second-order valence-electron chi connectivity index (χ2n) is 1.39. The fourth-order valence-electron chi connectivity index (χ4n) is 0.312. The van der Waals surface area contributed by atoms with Gasteiger partial charge >= 0.3 is 5.97 Å². The van der Waals surface area contributed by atoms with E-state index in [1.165, 1.54) is 23.5 Å². The van der Waals surface area contributed by atoms with Crippen molar-refractivity contribution in [3.05, 3.63) is 0 Å². The van der Waals surface area contributed by atoms with Gasteiger partial charge in [0.15, 0.2) is 0 Å². The molecule has 0 unspecified atom stereocenters. The number of carbonyl (C=O) groups is 1. The van der Waals surface area contributed by atoms with Crippen LogP contribution in [0.15, 0.2) is 4.99 Å². The lowest BCUT2D eigenvalue weighted by molar-refractivity contribution is -0.138. The van der Waals surface area contributed by atoms with Crippen molar-refractivity contribution in [3.63, 3.8) is 0 Å². The second-order valence-corrected chi connectivity index (χ2v) is 3.24. The van der Waals surface area contributed by atoms with E-state index in [-0.39, 0.29) is 0 Å². The molecular formula is C6H11NO2S2. The van der Waals surface area contributed by atoms with Crippen LogP contribution in [-0.4, -0.2) is 36.5 Å². The van der Waals surface area contributed by atoms with Gasteiger partial charge in [-0.2, -0.15) is 0 Å². The summed E-state index contributed by atoms with van der Waals surface area (Å²) in [5.74, 6) is -0.979. The predicted octanol–water partition coefficient (Wildman–Crippen LogP) is 1.24. The zero-order valence-electron chi connectivity index (χ0n) is 8.58. The van der Waals surface area contributed by atoms with Gasteiger partial charge in [-0.25, -0.2) is 0 Å². The summed E-state index contributed by atoms with van der Waals surface area (Å²) in [5, 5.41) is 0. The summed E-state index contributed by atoms with van der Waals surface area (Å²) in [6.45, 7) is -2.28. The summed E-state index contributed by atoms with van der Waals surface area (Å²) in [6, 6.07) is 0. The van der Waals surface area contributed by atoms with Crippen molar-refractivity contribution in [2.24, 2.45) is 4.99 Å². The average Bonchev–Trinajstić information content (AvgIpc) is 2.12. The van der Waals surface area contributed by atoms with Crippen molar-refractivity contribution >= 4 is 33.9 Å². The first-order chi connectivity index (χ1) is 5.97. The van der Waals surface area contributed by atoms with Crippen molar-refractivity contribution < 1.29 is 12.3 Å². The van der Waals surface area contributed by atoms with E-state index in [2.05, 4.69) is 9.73 Å². The van der Waals surface area contributed by atoms with E-state index in [0.717, 1.165) is 7.11 Å². The quantitative estimate of drug-likeness (QED) is 0.377. The molecule has 64 valence electrons. The highest BCUT2D eigenvalue weighted by molar-refractivity contribution is 8.38. The zero-order valence-corrected chi connectivity index (χ0v) is 8.21. The molecule has 5 heteroatoms. The van der Waals surface area contributed by atoms with Gasteiger partial charge < -0.3 is 4.74 Å². The first-order valence-corrected chi connectivity index (χ1v) is 5.19. The largest absolute Gasteiger partial charge is 0.468 e. The molecule has 0 spiro atoms. The van der Waals surface area contributed by atoms with E-state index >= 15 is 0 Å². The predicted molar refractivity (Wildman–Crippen MR) is 51.3 cm³/mol. The number of hydrogen-bond donors (Lipinski definition) is 0. The van der Waals surface area contributed by atoms with Gasteiger partial charge in [0.2, 0.25) is 0 Å². The third-order valence-corrected chi connectivity index (χ3v) is 2.65. The van der Waals surface area contributed by atoms with E-state index < -0.39 is 12.5 Å². The number of hydrogen-bond acceptors (Lipinski definition) is 5. The van der Waals surface area contributed by atoms with E-state index in [9.17, 15) is 4.79 Å². The van der Waals surface area contributed by atoms with E-state index in [1.807, 2.05) is 0 Å². The molecular weight excluding hydrogens is 182 g/mol. The second kappa shape index (κ2) is 6.54. The molecule has 0 aromatic rings. The molecule has 0 aromatic carbocycles. The molecule has 0 N–H and O–H groups in total. The lowest BCUT2D eigenvalue weighted by Gasteiger charge is -1.97. The molecule has 0 radical (unpaired) electrons. The number of nitrogens with zero attached hydrogens (tertiary/aromatic N) is 1. The summed E-state index contributed by atoms with van der Waals surface area (Å²) in [5.41, 5.74) is 0. The van der Waals surface area contributed by atoms with Gasteiger partial charge in [-0.15, -0.1) is 23.5 Å². The van der Waals surface area contributed by atoms with E-state index in [0.29, 0.717) is 4.38 Å². The molecule has 3 nitrogen and oxygen atoms in total. The summed E-state index contributed by atoms with van der Waals surface area (Å²) in [4.78, 5) is 14.5. The molecule has 11 heavy (non-hydrogen) atoms. The van der Waals surface area contributed by atoms with E-state index in [4.69, 9.17) is 2.74 Å². The summed E-state index contributed by atoms with van der Waals surface area (Å²) < 4.78 is 19.3. The van der Waals surface area contributed by atoms with Crippen molar-refractivity contribution in [1.82, 2.24) is 0 Å². The molecule has 0 rings (SSSR count). The van der Waals surface area contributed by atoms with Crippen molar-refractivity contribution in [2.45, 2.75) is 0 Å². The molecule has 0 amide bonds. The fraction of sp³-hybridized carbons (Fsp3) is 0.667. The Morgan fingerprint density at radius 1 is 1.64 bits per heavy atom. The standard InChI is InChI=1S/C6H11NO2S2/c1-9-5(8)4-7-6(10-2)11-3/h4H2,1-3H3/i4D2. The summed E-state index contributed by atoms with van der Waals surface area (Å²) >= 11 is 2.58. The van der Waals surface area contributed by atoms with Crippen LogP contribution in [0.2, 0.25) is 0 Å². The fourth-order valence-corrected chi connectivity index (χ4v) is 1.25. The molecule has 0 aliphatic heterocycles. The Balaban J connectivity index is 4.63. The molecule has 0 saturated carbocycles. The molecule has 0 saturated heterocycles. The third-order valence-electron chi connectivity index (χ3n) is 0.773. The SMILES string of the molecule is [2H]C([2H])(N=C(SC)SC)C(=O)OC. The van der Waals surface area contributed by atoms with Crippen LogP contribution in [0.4, 0.5) is 0 Å². The smallest absolute Gasteiger partial charge is 0.327 e. The van der Waals surface area contributed by atoms with Gasteiger partial charge in [0.05, 0.1) is 9.85 Å². The Morgan fingerprint density at radius 3 is 2.55 bits per heavy atom. The van der Waals surface area contributed by atoms with Crippen LogP contribution >= 0.6 is 23.5 Å². The number of rotatable bonds is 2. The number of carbonyl (C=O) groups excluding carboxylic acids is 1. The van der Waals surface area contributed by atoms with Gasteiger partial charge in [0.25, 0.3) is 0 Å². The maximum absolute atomic E-state index is 10.9. The summed E-state index contributed by atoms with van der Waals surface area (Å²) in [6.07, 6.45) is 3.53. The first kappa shape index (κ1) is 7.49. The van der Waals surface area contributed by atoms with Gasteiger partial charge in [-0.05, 0) is 12.5 Å². The number of aliphatic imine (C=N–C) groups is 1. The topological polar surface area (TPSA) is 38.7 Å². The maximum Gasteiger partial charge on any atom is 0.327 e. The lowest BCUT2D eigenvalue weighted by atomic mass is 10.7. The third kappa shape index (κ3) is 5.15. The van der Waals surface area contributed by atoms with Crippen LogP contribution in [0.1, 0.15) is 2.74 Å². The van der Waals surface area contributed by atoms with Crippen molar-refractivity contribution in [1.29, 1.82) is 0 Å². The van der Waals surface area contributed by atoms with Crippen LogP contribution in [0.5, 0.6) is 0 Å². The minimum Gasteiger partial charge on any atom is -0.468 e. The molecule has 0 fully saturated rings. The Bertz CT molecular complexity index is 215. The van der Waals surface area contributed by atoms with Crippen LogP contribution in [0.3, 0.4) is 0 Å². The van der Waals surface area contributed by atoms with Gasteiger partial charge in [0, 0.05) is 0 Å². The van der Waals surface area contributed by atoms with Crippen molar-refractivity contribution in [3.8, 4) is 0 Å². The molecule has 0 aromatic heterocycles. The molecule has 0 heterocycles. The zero-order chi connectivity index (χ0) is 10.5. The van der Waals surface area contributed by atoms with Crippen LogP contribution < -0.4 is 0 Å².